The smallest absolute Gasteiger partial charge is 0.387 e. The highest BCUT2D eigenvalue weighted by Gasteiger charge is 2.13. The van der Waals surface area contributed by atoms with Gasteiger partial charge in [-0.25, -0.2) is 9.18 Å². The number of methoxy groups -OCH3 is 1. The summed E-state index contributed by atoms with van der Waals surface area (Å²) in [6.07, 6.45) is 0. The van der Waals surface area contributed by atoms with Gasteiger partial charge in [-0.2, -0.15) is 8.78 Å². The van der Waals surface area contributed by atoms with E-state index in [1.54, 1.807) is 0 Å². The Morgan fingerprint density at radius 3 is 2.53 bits per heavy atom. The molecule has 0 amide bonds. The molecule has 0 unspecified atom stereocenters. The van der Waals surface area contributed by atoms with Gasteiger partial charge in [0.25, 0.3) is 0 Å². The van der Waals surface area contributed by atoms with Gasteiger partial charge in [-0.1, -0.05) is 0 Å². The van der Waals surface area contributed by atoms with Crippen LogP contribution in [0.3, 0.4) is 0 Å². The fourth-order valence-electron chi connectivity index (χ4n) is 0.937. The molecule has 0 atom stereocenters. The second kappa shape index (κ2) is 4.68. The SMILES string of the molecule is COC(=O)c1ccc(OC(F)F)c(F)c1. The molecule has 1 rings (SSSR count). The second-order valence-corrected chi connectivity index (χ2v) is 2.52. The fourth-order valence-corrected chi connectivity index (χ4v) is 0.937. The maximum atomic E-state index is 13.0. The van der Waals surface area contributed by atoms with E-state index >= 15 is 0 Å². The number of hydrogen-bond acceptors (Lipinski definition) is 3. The van der Waals surface area contributed by atoms with Crippen LogP contribution in [0.2, 0.25) is 0 Å². The quantitative estimate of drug-likeness (QED) is 0.732. The van der Waals surface area contributed by atoms with Crippen molar-refractivity contribution in [2.45, 2.75) is 6.61 Å². The standard InChI is InChI=1S/C9H7F3O3/c1-14-8(13)5-2-3-7(6(10)4-5)15-9(11)12/h2-4,9H,1H3. The molecule has 0 aliphatic rings. The molecule has 1 aromatic rings. The van der Waals surface area contributed by atoms with Crippen molar-refractivity contribution in [3.63, 3.8) is 0 Å². The van der Waals surface area contributed by atoms with E-state index in [2.05, 4.69) is 9.47 Å². The number of ether oxygens (including phenoxy) is 2. The number of hydrogen-bond donors (Lipinski definition) is 0. The zero-order valence-electron chi connectivity index (χ0n) is 7.67. The van der Waals surface area contributed by atoms with Crippen molar-refractivity contribution in [1.82, 2.24) is 0 Å². The van der Waals surface area contributed by atoms with Gasteiger partial charge in [-0.15, -0.1) is 0 Å². The first-order chi connectivity index (χ1) is 7.04. The lowest BCUT2D eigenvalue weighted by Gasteiger charge is -2.06. The van der Waals surface area contributed by atoms with Crippen molar-refractivity contribution >= 4 is 5.97 Å². The lowest BCUT2D eigenvalue weighted by Crippen LogP contribution is -2.06. The zero-order valence-corrected chi connectivity index (χ0v) is 7.67. The third-order valence-electron chi connectivity index (χ3n) is 1.57. The molecule has 0 saturated carbocycles. The van der Waals surface area contributed by atoms with Gasteiger partial charge < -0.3 is 9.47 Å². The van der Waals surface area contributed by atoms with Crippen LogP contribution in [0.25, 0.3) is 0 Å². The number of carbonyl (C=O) groups is 1. The van der Waals surface area contributed by atoms with E-state index in [9.17, 15) is 18.0 Å². The van der Waals surface area contributed by atoms with Gasteiger partial charge in [0.15, 0.2) is 11.6 Å². The van der Waals surface area contributed by atoms with Crippen LogP contribution in [0.15, 0.2) is 18.2 Å². The minimum Gasteiger partial charge on any atom is -0.465 e. The van der Waals surface area contributed by atoms with Crippen LogP contribution in [0.1, 0.15) is 10.4 Å². The van der Waals surface area contributed by atoms with Gasteiger partial charge in [0.2, 0.25) is 0 Å². The van der Waals surface area contributed by atoms with Crippen LogP contribution in [0, 0.1) is 5.82 Å². The van der Waals surface area contributed by atoms with E-state index < -0.39 is 24.1 Å². The lowest BCUT2D eigenvalue weighted by molar-refractivity contribution is -0.0521. The first-order valence-corrected chi connectivity index (χ1v) is 3.87. The van der Waals surface area contributed by atoms with Crippen LogP contribution < -0.4 is 4.74 Å². The van der Waals surface area contributed by atoms with E-state index in [0.29, 0.717) is 0 Å². The Hall–Kier alpha value is -1.72. The number of esters is 1. The Labute approximate surface area is 83.4 Å². The Morgan fingerprint density at radius 2 is 2.07 bits per heavy atom. The topological polar surface area (TPSA) is 35.5 Å². The summed E-state index contributed by atoms with van der Waals surface area (Å²) in [7, 11) is 1.13. The van der Waals surface area contributed by atoms with Gasteiger partial charge in [0.1, 0.15) is 0 Å². The molecule has 3 nitrogen and oxygen atoms in total. The summed E-state index contributed by atoms with van der Waals surface area (Å²) in [6.45, 7) is -3.11. The van der Waals surface area contributed by atoms with E-state index in [0.717, 1.165) is 25.3 Å². The maximum absolute atomic E-state index is 13.0. The highest BCUT2D eigenvalue weighted by Crippen LogP contribution is 2.20. The molecule has 0 aromatic heterocycles. The van der Waals surface area contributed by atoms with Gasteiger partial charge >= 0.3 is 12.6 Å². The van der Waals surface area contributed by atoms with Gasteiger partial charge in [0, 0.05) is 0 Å². The summed E-state index contributed by atoms with van der Waals surface area (Å²) in [5, 5.41) is 0. The summed E-state index contributed by atoms with van der Waals surface area (Å²) < 4.78 is 44.7. The van der Waals surface area contributed by atoms with Crippen molar-refractivity contribution in [2.24, 2.45) is 0 Å². The van der Waals surface area contributed by atoms with Crippen molar-refractivity contribution in [3.8, 4) is 5.75 Å². The Kier molecular flexibility index (Phi) is 3.54. The van der Waals surface area contributed by atoms with Crippen molar-refractivity contribution in [1.29, 1.82) is 0 Å². The number of alkyl halides is 2. The number of halogens is 3. The molecule has 82 valence electrons. The third kappa shape index (κ3) is 2.87. The van der Waals surface area contributed by atoms with E-state index in [1.165, 1.54) is 0 Å². The molecular weight excluding hydrogens is 213 g/mol. The zero-order chi connectivity index (χ0) is 11.4. The lowest BCUT2D eigenvalue weighted by atomic mass is 10.2. The number of benzene rings is 1. The predicted molar refractivity (Wildman–Crippen MR) is 44.4 cm³/mol. The largest absolute Gasteiger partial charge is 0.465 e. The van der Waals surface area contributed by atoms with Crippen molar-refractivity contribution in [3.05, 3.63) is 29.6 Å². The van der Waals surface area contributed by atoms with Crippen LogP contribution in [-0.4, -0.2) is 19.7 Å². The van der Waals surface area contributed by atoms with Crippen LogP contribution in [0.4, 0.5) is 13.2 Å². The molecule has 15 heavy (non-hydrogen) atoms. The summed E-state index contributed by atoms with van der Waals surface area (Å²) in [5.41, 5.74) is -0.0726. The normalized spacial score (nSPS) is 10.2. The van der Waals surface area contributed by atoms with Gasteiger partial charge in [-0.3, -0.25) is 0 Å². The molecule has 0 spiro atoms. The molecule has 0 saturated heterocycles. The van der Waals surface area contributed by atoms with Crippen molar-refractivity contribution < 1.29 is 27.4 Å². The van der Waals surface area contributed by atoms with E-state index in [4.69, 9.17) is 0 Å². The minimum absolute atomic E-state index is 0.0726. The Balaban J connectivity index is 2.93. The van der Waals surface area contributed by atoms with Gasteiger partial charge in [0.05, 0.1) is 12.7 Å². The average Bonchev–Trinajstić information content (AvgIpc) is 2.19. The molecule has 0 aliphatic heterocycles. The first kappa shape index (κ1) is 11.4. The molecule has 0 fully saturated rings. The van der Waals surface area contributed by atoms with Crippen LogP contribution >= 0.6 is 0 Å². The predicted octanol–water partition coefficient (Wildman–Crippen LogP) is 2.21. The molecule has 0 heterocycles. The molecule has 0 aliphatic carbocycles. The summed E-state index contributed by atoms with van der Waals surface area (Å²) >= 11 is 0. The molecular formula is C9H7F3O3. The number of rotatable bonds is 3. The first-order valence-electron chi connectivity index (χ1n) is 3.87. The second-order valence-electron chi connectivity index (χ2n) is 2.52. The van der Waals surface area contributed by atoms with Crippen LogP contribution in [0.5, 0.6) is 5.75 Å². The summed E-state index contributed by atoms with van der Waals surface area (Å²) in [5.74, 6) is -2.41. The minimum atomic E-state index is -3.11. The monoisotopic (exact) mass is 220 g/mol. The highest BCUT2D eigenvalue weighted by molar-refractivity contribution is 5.89. The molecule has 0 radical (unpaired) electrons. The highest BCUT2D eigenvalue weighted by atomic mass is 19.3. The Morgan fingerprint density at radius 1 is 1.40 bits per heavy atom. The maximum Gasteiger partial charge on any atom is 0.387 e. The fraction of sp³-hybridized carbons (Fsp3) is 0.222. The molecule has 1 aromatic carbocycles. The van der Waals surface area contributed by atoms with Gasteiger partial charge in [-0.05, 0) is 18.2 Å². The molecule has 0 bridgehead atoms. The molecule has 0 N–H and O–H groups in total. The number of carbonyl (C=O) groups excluding carboxylic acids is 1. The van der Waals surface area contributed by atoms with E-state index in [1.807, 2.05) is 0 Å². The average molecular weight is 220 g/mol. The van der Waals surface area contributed by atoms with Crippen molar-refractivity contribution in [2.75, 3.05) is 7.11 Å². The summed E-state index contributed by atoms with van der Waals surface area (Å²) in [6, 6.07) is 2.84. The molecule has 6 heteroatoms. The Bertz CT molecular complexity index is 366. The van der Waals surface area contributed by atoms with Crippen LogP contribution in [-0.2, 0) is 4.74 Å². The summed E-state index contributed by atoms with van der Waals surface area (Å²) in [4.78, 5) is 10.9. The third-order valence-corrected chi connectivity index (χ3v) is 1.57. The van der Waals surface area contributed by atoms with E-state index in [-0.39, 0.29) is 5.56 Å².